The normalized spacial score (nSPS) is 11.9. The van der Waals surface area contributed by atoms with Crippen molar-refractivity contribution >= 4 is 99.5 Å². The Kier molecular flexibility index (Phi) is 8.82. The number of benzene rings is 9. The van der Waals surface area contributed by atoms with Gasteiger partial charge in [0.1, 0.15) is 22.3 Å². The van der Waals surface area contributed by atoms with Crippen LogP contribution in [0.2, 0.25) is 0 Å². The third-order valence-electron chi connectivity index (χ3n) is 12.6. The second kappa shape index (κ2) is 14.4. The predicted molar refractivity (Wildman–Crippen MR) is 268 cm³/mol. The van der Waals surface area contributed by atoms with Crippen molar-refractivity contribution in [2.45, 2.75) is 62.3 Å². The second-order valence-electron chi connectivity index (χ2n) is 18.3. The Balaban J connectivity index is 1.07. The summed E-state index contributed by atoms with van der Waals surface area (Å²) in [6.45, 7) is 19.5. The third-order valence-corrected chi connectivity index (χ3v) is 12.6. The average molecular weight is 819 g/mol. The molecule has 0 spiro atoms. The molecule has 4 nitrogen and oxygen atoms in total. The van der Waals surface area contributed by atoms with Crippen LogP contribution in [0.4, 0.5) is 34.1 Å². The Labute approximate surface area is 368 Å². The Morgan fingerprint density at radius 1 is 0.286 bits per heavy atom. The minimum atomic E-state index is 0.864. The molecule has 0 fully saturated rings. The number of aryl methyl sites for hydroxylation is 9. The van der Waals surface area contributed by atoms with Gasteiger partial charge < -0.3 is 18.6 Å². The first-order valence-corrected chi connectivity index (χ1v) is 21.9. The van der Waals surface area contributed by atoms with Gasteiger partial charge in [-0.25, -0.2) is 0 Å². The minimum Gasteiger partial charge on any atom is -0.456 e. The van der Waals surface area contributed by atoms with Crippen LogP contribution in [0.15, 0.2) is 148 Å². The Morgan fingerprint density at radius 3 is 1.05 bits per heavy atom. The number of fused-ring (bicyclic) bond motifs is 9. The molecular formula is C59H50N2O2. The predicted octanol–water partition coefficient (Wildman–Crippen LogP) is 17.5. The summed E-state index contributed by atoms with van der Waals surface area (Å²) in [7, 11) is 0. The quantitative estimate of drug-likeness (QED) is 0.167. The fourth-order valence-corrected chi connectivity index (χ4v) is 10.3. The largest absolute Gasteiger partial charge is 0.456 e. The molecule has 0 N–H and O–H groups in total. The molecule has 2 aromatic heterocycles. The highest BCUT2D eigenvalue weighted by Crippen LogP contribution is 2.46. The van der Waals surface area contributed by atoms with Crippen molar-refractivity contribution in [1.29, 1.82) is 0 Å². The molecule has 4 heteroatoms. The standard InChI is InChI=1S/C59H50N2O2/c1-33-14-34(2)19-48(18-33)60(49-20-35(3)15-36(4)21-49)46-12-10-42-29-52-54(31-44(42)27-46)62-56-26-41(9)59-58(57(52)56)53-30-43-11-13-47(28-45(43)32-55(53)63-59)61(50-22-37(5)16-38(6)23-50)51-24-39(7)17-40(8)25-51/h10-32H,1-9H3. The maximum Gasteiger partial charge on any atom is 0.139 e. The van der Waals surface area contributed by atoms with Gasteiger partial charge in [-0.3, -0.25) is 0 Å². The number of hydrogen-bond acceptors (Lipinski definition) is 4. The summed E-state index contributed by atoms with van der Waals surface area (Å²) in [6.07, 6.45) is 0. The maximum atomic E-state index is 6.84. The molecule has 11 rings (SSSR count). The molecule has 0 saturated carbocycles. The van der Waals surface area contributed by atoms with E-state index in [4.69, 9.17) is 8.83 Å². The molecule has 0 radical (unpaired) electrons. The van der Waals surface area contributed by atoms with E-state index in [1.165, 1.54) is 44.5 Å². The van der Waals surface area contributed by atoms with Gasteiger partial charge in [0.2, 0.25) is 0 Å². The molecule has 0 saturated heterocycles. The molecule has 0 unspecified atom stereocenters. The monoisotopic (exact) mass is 818 g/mol. The van der Waals surface area contributed by atoms with Gasteiger partial charge in [-0.05, 0) is 237 Å². The van der Waals surface area contributed by atoms with E-state index in [9.17, 15) is 0 Å². The zero-order chi connectivity index (χ0) is 43.4. The van der Waals surface area contributed by atoms with Crippen LogP contribution < -0.4 is 9.80 Å². The van der Waals surface area contributed by atoms with Crippen molar-refractivity contribution < 1.29 is 8.83 Å². The second-order valence-corrected chi connectivity index (χ2v) is 18.3. The van der Waals surface area contributed by atoms with Gasteiger partial charge in [0.05, 0.1) is 0 Å². The van der Waals surface area contributed by atoms with Crippen LogP contribution >= 0.6 is 0 Å². The first-order chi connectivity index (χ1) is 30.3. The van der Waals surface area contributed by atoms with E-state index in [-0.39, 0.29) is 0 Å². The van der Waals surface area contributed by atoms with Crippen LogP contribution in [0.1, 0.15) is 50.1 Å². The Bertz CT molecular complexity index is 3510. The van der Waals surface area contributed by atoms with E-state index in [2.05, 4.69) is 212 Å². The van der Waals surface area contributed by atoms with Crippen molar-refractivity contribution in [3.05, 3.63) is 190 Å². The SMILES string of the molecule is Cc1cc(C)cc(N(c2cc(C)cc(C)c2)c2ccc3cc4c(cc3c2)oc2cc(C)c3oc5cc6cc(N(c7cc(C)cc(C)c7)c7cc(C)cc(C)c7)ccc6cc5c3c24)c1. The molecular weight excluding hydrogens is 769 g/mol. The first-order valence-electron chi connectivity index (χ1n) is 21.9. The fourth-order valence-electron chi connectivity index (χ4n) is 10.3. The number of nitrogens with zero attached hydrogens (tertiary/aromatic N) is 2. The molecule has 9 aromatic carbocycles. The zero-order valence-electron chi connectivity index (χ0n) is 37.5. The highest BCUT2D eigenvalue weighted by molar-refractivity contribution is 6.28. The van der Waals surface area contributed by atoms with E-state index < -0.39 is 0 Å². The molecule has 11 aromatic rings. The summed E-state index contributed by atoms with van der Waals surface area (Å²) in [4.78, 5) is 4.76. The molecule has 0 atom stereocenters. The lowest BCUT2D eigenvalue weighted by atomic mass is 9.99. The van der Waals surface area contributed by atoms with Crippen molar-refractivity contribution in [2.75, 3.05) is 9.80 Å². The van der Waals surface area contributed by atoms with Crippen LogP contribution in [-0.2, 0) is 0 Å². The molecule has 308 valence electrons. The van der Waals surface area contributed by atoms with Crippen molar-refractivity contribution in [2.24, 2.45) is 0 Å². The Morgan fingerprint density at radius 2 is 0.651 bits per heavy atom. The summed E-state index contributed by atoms with van der Waals surface area (Å²) in [5.41, 5.74) is 21.3. The summed E-state index contributed by atoms with van der Waals surface area (Å²) >= 11 is 0. The first kappa shape index (κ1) is 38.6. The average Bonchev–Trinajstić information content (AvgIpc) is 3.75. The lowest BCUT2D eigenvalue weighted by Gasteiger charge is -2.27. The van der Waals surface area contributed by atoms with Gasteiger partial charge in [-0.2, -0.15) is 0 Å². The molecule has 0 aliphatic carbocycles. The molecule has 2 heterocycles. The lowest BCUT2D eigenvalue weighted by molar-refractivity contribution is 0.660. The lowest BCUT2D eigenvalue weighted by Crippen LogP contribution is -2.11. The third kappa shape index (κ3) is 6.69. The van der Waals surface area contributed by atoms with Crippen LogP contribution in [-0.4, -0.2) is 0 Å². The van der Waals surface area contributed by atoms with Gasteiger partial charge >= 0.3 is 0 Å². The van der Waals surface area contributed by atoms with Crippen LogP contribution in [0, 0.1) is 62.3 Å². The highest BCUT2D eigenvalue weighted by Gasteiger charge is 2.22. The van der Waals surface area contributed by atoms with Crippen molar-refractivity contribution in [3.63, 3.8) is 0 Å². The zero-order valence-corrected chi connectivity index (χ0v) is 37.5. The summed E-state index contributed by atoms with van der Waals surface area (Å²) < 4.78 is 13.6. The van der Waals surface area contributed by atoms with Crippen LogP contribution in [0.3, 0.4) is 0 Å². The Hall–Kier alpha value is -7.30. The van der Waals surface area contributed by atoms with Gasteiger partial charge in [0.25, 0.3) is 0 Å². The van der Waals surface area contributed by atoms with E-state index in [1.54, 1.807) is 0 Å². The highest BCUT2D eigenvalue weighted by atomic mass is 16.3. The van der Waals surface area contributed by atoms with E-state index in [0.717, 1.165) is 105 Å². The van der Waals surface area contributed by atoms with Gasteiger partial charge in [0.15, 0.2) is 0 Å². The van der Waals surface area contributed by atoms with Gasteiger partial charge in [-0.15, -0.1) is 0 Å². The smallest absolute Gasteiger partial charge is 0.139 e. The summed E-state index contributed by atoms with van der Waals surface area (Å²) in [5.74, 6) is 0. The van der Waals surface area contributed by atoms with Gasteiger partial charge in [-0.1, -0.05) is 36.4 Å². The number of rotatable bonds is 6. The van der Waals surface area contributed by atoms with E-state index >= 15 is 0 Å². The minimum absolute atomic E-state index is 0.864. The molecule has 63 heavy (non-hydrogen) atoms. The number of furan rings is 2. The van der Waals surface area contributed by atoms with Crippen molar-refractivity contribution in [1.82, 2.24) is 0 Å². The van der Waals surface area contributed by atoms with E-state index in [1.807, 2.05) is 0 Å². The summed E-state index contributed by atoms with van der Waals surface area (Å²) in [5, 5.41) is 8.94. The van der Waals surface area contributed by atoms with Crippen LogP contribution in [0.5, 0.6) is 0 Å². The van der Waals surface area contributed by atoms with E-state index in [0.29, 0.717) is 0 Å². The number of anilines is 6. The topological polar surface area (TPSA) is 32.8 Å². The molecule has 0 bridgehead atoms. The molecule has 0 aliphatic heterocycles. The van der Waals surface area contributed by atoms with Gasteiger partial charge in [0, 0.05) is 55.7 Å². The summed E-state index contributed by atoms with van der Waals surface area (Å²) in [6, 6.07) is 51.9. The fraction of sp³-hybridized carbons (Fsp3) is 0.153. The molecule has 0 aliphatic rings. The molecule has 0 amide bonds. The van der Waals surface area contributed by atoms with Crippen molar-refractivity contribution in [3.8, 4) is 0 Å². The number of hydrogen-bond donors (Lipinski definition) is 0. The maximum absolute atomic E-state index is 6.84. The van der Waals surface area contributed by atoms with Crippen LogP contribution in [0.25, 0.3) is 65.4 Å².